The fraction of sp³-hybridized carbons (Fsp3) is 0.538. The standard InChI is InChI=1S/C13H20N2O4/c1-4-7-19-13-8-11(14(3)9-10(2)16)5-6-12(13)15(17)18/h5-6,8,10,16H,4,7,9H2,1-3H3. The summed E-state index contributed by atoms with van der Waals surface area (Å²) in [4.78, 5) is 12.3. The number of aliphatic hydroxyl groups is 1. The minimum Gasteiger partial charge on any atom is -0.487 e. The Kier molecular flexibility index (Phi) is 5.57. The molecule has 0 spiro atoms. The number of hydrogen-bond acceptors (Lipinski definition) is 5. The van der Waals surface area contributed by atoms with E-state index in [9.17, 15) is 15.2 Å². The Labute approximate surface area is 112 Å². The van der Waals surface area contributed by atoms with Gasteiger partial charge in [-0.2, -0.15) is 0 Å². The normalized spacial score (nSPS) is 12.0. The zero-order chi connectivity index (χ0) is 14.4. The number of nitrogens with zero attached hydrogens (tertiary/aromatic N) is 2. The Bertz CT molecular complexity index is 435. The lowest BCUT2D eigenvalue weighted by atomic mass is 10.2. The van der Waals surface area contributed by atoms with Crippen molar-refractivity contribution in [3.63, 3.8) is 0 Å². The van der Waals surface area contributed by atoms with Gasteiger partial charge in [-0.25, -0.2) is 0 Å². The molecule has 19 heavy (non-hydrogen) atoms. The molecule has 6 nitrogen and oxygen atoms in total. The van der Waals surface area contributed by atoms with E-state index >= 15 is 0 Å². The molecule has 0 aliphatic rings. The second-order valence-electron chi connectivity index (χ2n) is 4.49. The van der Waals surface area contributed by atoms with Crippen LogP contribution in [0.1, 0.15) is 20.3 Å². The van der Waals surface area contributed by atoms with Gasteiger partial charge in [0.05, 0.1) is 17.6 Å². The molecule has 0 aliphatic heterocycles. The van der Waals surface area contributed by atoms with Crippen molar-refractivity contribution in [2.45, 2.75) is 26.4 Å². The van der Waals surface area contributed by atoms with Crippen LogP contribution in [0.2, 0.25) is 0 Å². The van der Waals surface area contributed by atoms with Crippen LogP contribution >= 0.6 is 0 Å². The van der Waals surface area contributed by atoms with Gasteiger partial charge in [0, 0.05) is 31.4 Å². The Morgan fingerprint density at radius 3 is 2.74 bits per heavy atom. The zero-order valence-corrected chi connectivity index (χ0v) is 11.5. The van der Waals surface area contributed by atoms with Crippen molar-refractivity contribution in [2.75, 3.05) is 25.1 Å². The monoisotopic (exact) mass is 268 g/mol. The molecule has 0 saturated carbocycles. The maximum atomic E-state index is 10.9. The van der Waals surface area contributed by atoms with Gasteiger partial charge in [-0.1, -0.05) is 6.92 Å². The summed E-state index contributed by atoms with van der Waals surface area (Å²) in [5.74, 6) is 0.266. The summed E-state index contributed by atoms with van der Waals surface area (Å²) in [5.41, 5.74) is 0.736. The number of nitro benzene ring substituents is 1. The molecule has 1 unspecified atom stereocenters. The zero-order valence-electron chi connectivity index (χ0n) is 11.5. The van der Waals surface area contributed by atoms with Crippen molar-refractivity contribution < 1.29 is 14.8 Å². The predicted molar refractivity (Wildman–Crippen MR) is 73.8 cm³/mol. The van der Waals surface area contributed by atoms with Crippen LogP contribution in [0.25, 0.3) is 0 Å². The van der Waals surface area contributed by atoms with Crippen molar-refractivity contribution in [1.82, 2.24) is 0 Å². The number of aliphatic hydroxyl groups excluding tert-OH is 1. The van der Waals surface area contributed by atoms with E-state index < -0.39 is 11.0 Å². The third-order valence-corrected chi connectivity index (χ3v) is 2.58. The summed E-state index contributed by atoms with van der Waals surface area (Å²) in [7, 11) is 1.82. The Balaban J connectivity index is 2.99. The summed E-state index contributed by atoms with van der Waals surface area (Å²) >= 11 is 0. The van der Waals surface area contributed by atoms with Crippen LogP contribution in [0.4, 0.5) is 11.4 Å². The van der Waals surface area contributed by atoms with Crippen molar-refractivity contribution in [3.8, 4) is 5.75 Å². The number of benzene rings is 1. The maximum Gasteiger partial charge on any atom is 0.311 e. The predicted octanol–water partition coefficient (Wildman–Crippen LogP) is 2.20. The van der Waals surface area contributed by atoms with Crippen molar-refractivity contribution in [3.05, 3.63) is 28.3 Å². The highest BCUT2D eigenvalue weighted by atomic mass is 16.6. The Hall–Kier alpha value is -1.82. The molecule has 106 valence electrons. The number of hydrogen-bond donors (Lipinski definition) is 1. The second-order valence-corrected chi connectivity index (χ2v) is 4.49. The van der Waals surface area contributed by atoms with E-state index in [1.807, 2.05) is 18.9 Å². The topological polar surface area (TPSA) is 75.8 Å². The largest absolute Gasteiger partial charge is 0.487 e. The third kappa shape index (κ3) is 4.40. The van der Waals surface area contributed by atoms with Crippen LogP contribution in [-0.4, -0.2) is 36.3 Å². The van der Waals surface area contributed by atoms with E-state index in [2.05, 4.69) is 0 Å². The first-order valence-electron chi connectivity index (χ1n) is 6.26. The van der Waals surface area contributed by atoms with Crippen LogP contribution < -0.4 is 9.64 Å². The van der Waals surface area contributed by atoms with E-state index in [0.29, 0.717) is 13.2 Å². The molecule has 0 heterocycles. The fourth-order valence-corrected chi connectivity index (χ4v) is 1.72. The first-order valence-corrected chi connectivity index (χ1v) is 6.26. The van der Waals surface area contributed by atoms with Gasteiger partial charge in [0.25, 0.3) is 0 Å². The molecule has 0 bridgehead atoms. The molecule has 0 amide bonds. The summed E-state index contributed by atoms with van der Waals surface area (Å²) < 4.78 is 5.41. The molecule has 1 aromatic carbocycles. The average molecular weight is 268 g/mol. The second kappa shape index (κ2) is 6.94. The highest BCUT2D eigenvalue weighted by molar-refractivity contribution is 5.59. The van der Waals surface area contributed by atoms with E-state index in [1.54, 1.807) is 19.1 Å². The van der Waals surface area contributed by atoms with Crippen molar-refractivity contribution in [1.29, 1.82) is 0 Å². The molecule has 1 atom stereocenters. The number of nitro groups is 1. The SMILES string of the molecule is CCCOc1cc(N(C)CC(C)O)ccc1[N+](=O)[O-]. The molecule has 1 rings (SSSR count). The van der Waals surface area contributed by atoms with Crippen LogP contribution in [0.3, 0.4) is 0 Å². The smallest absolute Gasteiger partial charge is 0.311 e. The summed E-state index contributed by atoms with van der Waals surface area (Å²) in [6, 6.07) is 4.72. The first kappa shape index (κ1) is 15.2. The molecule has 6 heteroatoms. The molecule has 1 aromatic rings. The van der Waals surface area contributed by atoms with Crippen molar-refractivity contribution in [2.24, 2.45) is 0 Å². The molecule has 0 fully saturated rings. The number of ether oxygens (including phenoxy) is 1. The van der Waals surface area contributed by atoms with Crippen molar-refractivity contribution >= 4 is 11.4 Å². The third-order valence-electron chi connectivity index (χ3n) is 2.58. The van der Waals surface area contributed by atoms with Gasteiger partial charge in [-0.05, 0) is 19.4 Å². The van der Waals surface area contributed by atoms with Crippen LogP contribution in [0.5, 0.6) is 5.75 Å². The van der Waals surface area contributed by atoms with Gasteiger partial charge >= 0.3 is 5.69 Å². The minimum absolute atomic E-state index is 0.0392. The molecule has 0 aliphatic carbocycles. The number of likely N-dealkylation sites (N-methyl/N-ethyl adjacent to an activating group) is 1. The quantitative estimate of drug-likeness (QED) is 0.606. The molecular weight excluding hydrogens is 248 g/mol. The summed E-state index contributed by atoms with van der Waals surface area (Å²) in [5, 5.41) is 20.3. The summed E-state index contributed by atoms with van der Waals surface area (Å²) in [6.45, 7) is 4.51. The maximum absolute atomic E-state index is 10.9. The fourth-order valence-electron chi connectivity index (χ4n) is 1.72. The molecule has 1 N–H and O–H groups in total. The Morgan fingerprint density at radius 2 is 2.21 bits per heavy atom. The highest BCUT2D eigenvalue weighted by Gasteiger charge is 2.17. The van der Waals surface area contributed by atoms with E-state index in [1.165, 1.54) is 6.07 Å². The van der Waals surface area contributed by atoms with Crippen LogP contribution in [-0.2, 0) is 0 Å². The molecule has 0 saturated heterocycles. The van der Waals surface area contributed by atoms with Gasteiger partial charge in [0.1, 0.15) is 0 Å². The Morgan fingerprint density at radius 1 is 1.53 bits per heavy atom. The van der Waals surface area contributed by atoms with E-state index in [0.717, 1.165) is 12.1 Å². The van der Waals surface area contributed by atoms with E-state index in [4.69, 9.17) is 4.74 Å². The average Bonchev–Trinajstić information content (AvgIpc) is 2.34. The minimum atomic E-state index is -0.472. The van der Waals surface area contributed by atoms with Crippen LogP contribution in [0.15, 0.2) is 18.2 Å². The molecule has 0 aromatic heterocycles. The van der Waals surface area contributed by atoms with Gasteiger partial charge < -0.3 is 14.7 Å². The lowest BCUT2D eigenvalue weighted by Gasteiger charge is -2.21. The van der Waals surface area contributed by atoms with Gasteiger partial charge in [0.2, 0.25) is 0 Å². The number of rotatable bonds is 7. The van der Waals surface area contributed by atoms with Gasteiger partial charge in [0.15, 0.2) is 5.75 Å². The number of anilines is 1. The lowest BCUT2D eigenvalue weighted by Crippen LogP contribution is -2.26. The summed E-state index contributed by atoms with van der Waals surface area (Å²) in [6.07, 6.45) is 0.311. The van der Waals surface area contributed by atoms with Gasteiger partial charge in [-0.15, -0.1) is 0 Å². The van der Waals surface area contributed by atoms with Crippen LogP contribution in [0, 0.1) is 10.1 Å². The molecule has 0 radical (unpaired) electrons. The molecular formula is C13H20N2O4. The highest BCUT2D eigenvalue weighted by Crippen LogP contribution is 2.31. The van der Waals surface area contributed by atoms with Gasteiger partial charge in [-0.3, -0.25) is 10.1 Å². The van der Waals surface area contributed by atoms with E-state index in [-0.39, 0.29) is 11.4 Å². The first-order chi connectivity index (χ1) is 8.95. The lowest BCUT2D eigenvalue weighted by molar-refractivity contribution is -0.385.